The van der Waals surface area contributed by atoms with Crippen molar-refractivity contribution in [1.29, 1.82) is 5.26 Å². The van der Waals surface area contributed by atoms with E-state index in [1.54, 1.807) is 18.2 Å². The van der Waals surface area contributed by atoms with Crippen molar-refractivity contribution in [3.05, 3.63) is 54.0 Å². The summed E-state index contributed by atoms with van der Waals surface area (Å²) in [6.45, 7) is 0. The van der Waals surface area contributed by atoms with Crippen molar-refractivity contribution in [2.24, 2.45) is 0 Å². The lowest BCUT2D eigenvalue weighted by Gasteiger charge is -2.03. The van der Waals surface area contributed by atoms with Gasteiger partial charge in [-0.05, 0) is 18.2 Å². The van der Waals surface area contributed by atoms with E-state index in [2.05, 4.69) is 4.98 Å². The van der Waals surface area contributed by atoms with E-state index in [-0.39, 0.29) is 11.7 Å². The molecule has 0 aliphatic heterocycles. The average molecular weight is 214 g/mol. The van der Waals surface area contributed by atoms with Crippen LogP contribution < -0.4 is 4.74 Å². The standard InChI is InChI=1S/C12H7FN2O/c13-10-2-1-3-11(7-10)16-12-6-9(8-14)4-5-15-12/h1-7H. The molecule has 2 aromatic rings. The molecule has 0 atom stereocenters. The smallest absolute Gasteiger partial charge is 0.220 e. The Hall–Kier alpha value is -2.41. The highest BCUT2D eigenvalue weighted by atomic mass is 19.1. The van der Waals surface area contributed by atoms with E-state index in [9.17, 15) is 4.39 Å². The summed E-state index contributed by atoms with van der Waals surface area (Å²) >= 11 is 0. The molecule has 4 heteroatoms. The number of aromatic nitrogens is 1. The molecule has 0 spiro atoms. The Balaban J connectivity index is 2.24. The number of nitriles is 1. The first-order valence-corrected chi connectivity index (χ1v) is 4.57. The van der Waals surface area contributed by atoms with Gasteiger partial charge in [0.25, 0.3) is 0 Å². The first-order valence-electron chi connectivity index (χ1n) is 4.57. The number of hydrogen-bond donors (Lipinski definition) is 0. The maximum absolute atomic E-state index is 12.9. The van der Waals surface area contributed by atoms with Gasteiger partial charge < -0.3 is 4.74 Å². The van der Waals surface area contributed by atoms with Gasteiger partial charge in [0.05, 0.1) is 11.6 Å². The molecule has 78 valence electrons. The third-order valence-corrected chi connectivity index (χ3v) is 1.88. The predicted octanol–water partition coefficient (Wildman–Crippen LogP) is 2.88. The van der Waals surface area contributed by atoms with Gasteiger partial charge in [0, 0.05) is 18.3 Å². The molecule has 0 amide bonds. The molecular weight excluding hydrogens is 207 g/mol. The van der Waals surface area contributed by atoms with Gasteiger partial charge in [0.15, 0.2) is 0 Å². The van der Waals surface area contributed by atoms with Gasteiger partial charge in [-0.3, -0.25) is 0 Å². The number of halogens is 1. The fourth-order valence-electron chi connectivity index (χ4n) is 1.19. The molecule has 2 rings (SSSR count). The molecular formula is C12H7FN2O. The highest BCUT2D eigenvalue weighted by molar-refractivity contribution is 5.34. The summed E-state index contributed by atoms with van der Waals surface area (Å²) in [5.41, 5.74) is 0.446. The van der Waals surface area contributed by atoms with Gasteiger partial charge in [0.1, 0.15) is 11.6 Å². The van der Waals surface area contributed by atoms with Crippen molar-refractivity contribution in [3.8, 4) is 17.7 Å². The van der Waals surface area contributed by atoms with Gasteiger partial charge >= 0.3 is 0 Å². The number of pyridine rings is 1. The van der Waals surface area contributed by atoms with E-state index in [0.717, 1.165) is 0 Å². The van der Waals surface area contributed by atoms with Crippen LogP contribution in [0.5, 0.6) is 11.6 Å². The van der Waals surface area contributed by atoms with Crippen LogP contribution in [0.15, 0.2) is 42.6 Å². The van der Waals surface area contributed by atoms with Crippen LogP contribution in [0.4, 0.5) is 4.39 Å². The number of rotatable bonds is 2. The Morgan fingerprint density at radius 3 is 2.88 bits per heavy atom. The van der Waals surface area contributed by atoms with E-state index in [0.29, 0.717) is 11.3 Å². The first kappa shape index (κ1) is 10.1. The topological polar surface area (TPSA) is 45.9 Å². The van der Waals surface area contributed by atoms with Crippen LogP contribution in [0.1, 0.15) is 5.56 Å². The first-order chi connectivity index (χ1) is 7.78. The van der Waals surface area contributed by atoms with Crippen LogP contribution in [-0.2, 0) is 0 Å². The molecule has 3 nitrogen and oxygen atoms in total. The fourth-order valence-corrected chi connectivity index (χ4v) is 1.19. The lowest BCUT2D eigenvalue weighted by atomic mass is 10.3. The highest BCUT2D eigenvalue weighted by Crippen LogP contribution is 2.20. The molecule has 16 heavy (non-hydrogen) atoms. The van der Waals surface area contributed by atoms with Gasteiger partial charge in [-0.25, -0.2) is 9.37 Å². The molecule has 1 aromatic heterocycles. The van der Waals surface area contributed by atoms with Crippen molar-refractivity contribution in [3.63, 3.8) is 0 Å². The summed E-state index contributed by atoms with van der Waals surface area (Å²) < 4.78 is 18.2. The Bertz CT molecular complexity index is 549. The van der Waals surface area contributed by atoms with Crippen LogP contribution in [0, 0.1) is 17.1 Å². The van der Waals surface area contributed by atoms with Crippen LogP contribution in [0.25, 0.3) is 0 Å². The van der Waals surface area contributed by atoms with Crippen LogP contribution in [0.2, 0.25) is 0 Å². The molecule has 0 aliphatic rings. The molecule has 0 aliphatic carbocycles. The predicted molar refractivity (Wildman–Crippen MR) is 55.4 cm³/mol. The van der Waals surface area contributed by atoms with Crippen LogP contribution in [0.3, 0.4) is 0 Å². The van der Waals surface area contributed by atoms with E-state index in [4.69, 9.17) is 10.00 Å². The van der Waals surface area contributed by atoms with Gasteiger partial charge in [-0.2, -0.15) is 5.26 Å². The van der Waals surface area contributed by atoms with Crippen molar-refractivity contribution in [2.75, 3.05) is 0 Å². The Morgan fingerprint density at radius 2 is 2.12 bits per heavy atom. The van der Waals surface area contributed by atoms with Crippen molar-refractivity contribution < 1.29 is 9.13 Å². The molecule has 0 saturated heterocycles. The minimum atomic E-state index is -0.381. The second-order valence-corrected chi connectivity index (χ2v) is 3.05. The number of benzene rings is 1. The molecule has 1 heterocycles. The molecule has 0 saturated carbocycles. The summed E-state index contributed by atoms with van der Waals surface area (Å²) in [4.78, 5) is 3.92. The van der Waals surface area contributed by atoms with Gasteiger partial charge in [0.2, 0.25) is 5.88 Å². The lowest BCUT2D eigenvalue weighted by Crippen LogP contribution is -1.88. The third-order valence-electron chi connectivity index (χ3n) is 1.88. The van der Waals surface area contributed by atoms with Crippen molar-refractivity contribution in [1.82, 2.24) is 4.98 Å². The Labute approximate surface area is 91.7 Å². The third kappa shape index (κ3) is 2.34. The van der Waals surface area contributed by atoms with Crippen molar-refractivity contribution in [2.45, 2.75) is 0 Å². The second kappa shape index (κ2) is 4.41. The minimum absolute atomic E-state index is 0.268. The normalized spacial score (nSPS) is 9.50. The Morgan fingerprint density at radius 1 is 1.25 bits per heavy atom. The van der Waals surface area contributed by atoms with Gasteiger partial charge in [-0.15, -0.1) is 0 Å². The van der Waals surface area contributed by atoms with E-state index in [1.807, 2.05) is 6.07 Å². The zero-order chi connectivity index (χ0) is 11.4. The average Bonchev–Trinajstić information content (AvgIpc) is 2.29. The summed E-state index contributed by atoms with van der Waals surface area (Å²) in [5.74, 6) is 0.237. The van der Waals surface area contributed by atoms with Crippen molar-refractivity contribution >= 4 is 0 Å². The lowest BCUT2D eigenvalue weighted by molar-refractivity contribution is 0.458. The molecule has 0 fully saturated rings. The monoisotopic (exact) mass is 214 g/mol. The van der Waals surface area contributed by atoms with E-state index < -0.39 is 0 Å². The summed E-state index contributed by atoms with van der Waals surface area (Å²) in [7, 11) is 0. The number of nitrogens with zero attached hydrogens (tertiary/aromatic N) is 2. The molecule has 1 aromatic carbocycles. The van der Waals surface area contributed by atoms with Crippen LogP contribution in [-0.4, -0.2) is 4.98 Å². The second-order valence-electron chi connectivity index (χ2n) is 3.05. The maximum Gasteiger partial charge on any atom is 0.220 e. The quantitative estimate of drug-likeness (QED) is 0.772. The highest BCUT2D eigenvalue weighted by Gasteiger charge is 2.00. The number of ether oxygens (including phenoxy) is 1. The summed E-state index contributed by atoms with van der Waals surface area (Å²) in [5, 5.41) is 8.68. The zero-order valence-electron chi connectivity index (χ0n) is 8.22. The van der Waals surface area contributed by atoms with Crippen LogP contribution >= 0.6 is 0 Å². The molecule has 0 N–H and O–H groups in total. The SMILES string of the molecule is N#Cc1ccnc(Oc2cccc(F)c2)c1. The molecule has 0 radical (unpaired) electrons. The fraction of sp³-hybridized carbons (Fsp3) is 0. The summed E-state index contributed by atoms with van der Waals surface area (Å²) in [6.07, 6.45) is 1.47. The summed E-state index contributed by atoms with van der Waals surface area (Å²) in [6, 6.07) is 10.8. The van der Waals surface area contributed by atoms with E-state index >= 15 is 0 Å². The van der Waals surface area contributed by atoms with E-state index in [1.165, 1.54) is 24.4 Å². The molecule has 0 unspecified atom stereocenters. The maximum atomic E-state index is 12.9. The Kier molecular flexibility index (Phi) is 2.79. The van der Waals surface area contributed by atoms with Gasteiger partial charge in [-0.1, -0.05) is 6.07 Å². The molecule has 0 bridgehead atoms. The minimum Gasteiger partial charge on any atom is -0.439 e. The zero-order valence-corrected chi connectivity index (χ0v) is 8.22. The largest absolute Gasteiger partial charge is 0.439 e. The number of hydrogen-bond acceptors (Lipinski definition) is 3.